The van der Waals surface area contributed by atoms with Gasteiger partial charge in [-0.15, -0.1) is 0 Å². The minimum absolute atomic E-state index is 0.0962. The Kier molecular flexibility index (Phi) is 4.75. The van der Waals surface area contributed by atoms with Gasteiger partial charge in [-0.3, -0.25) is 9.59 Å². The maximum atomic E-state index is 12.4. The van der Waals surface area contributed by atoms with Crippen LogP contribution in [-0.2, 0) is 19.1 Å². The van der Waals surface area contributed by atoms with Gasteiger partial charge in [-0.05, 0) is 32.1 Å². The van der Waals surface area contributed by atoms with Crippen molar-refractivity contribution in [1.82, 2.24) is 9.80 Å². The average molecular weight is 296 g/mol. The lowest BCUT2D eigenvalue weighted by atomic mass is 10.2. The molecule has 3 aliphatic heterocycles. The number of carbonyl (C=O) groups excluding carboxylic acids is 2. The number of carbonyl (C=O) groups is 2. The van der Waals surface area contributed by atoms with Crippen LogP contribution in [0.5, 0.6) is 0 Å². The van der Waals surface area contributed by atoms with Crippen molar-refractivity contribution in [2.45, 2.75) is 44.3 Å². The van der Waals surface area contributed by atoms with E-state index in [0.29, 0.717) is 39.4 Å². The fourth-order valence-electron chi connectivity index (χ4n) is 3.31. The molecule has 0 radical (unpaired) electrons. The summed E-state index contributed by atoms with van der Waals surface area (Å²) in [6.45, 7) is 4.03. The molecule has 0 bridgehead atoms. The van der Waals surface area contributed by atoms with E-state index in [1.165, 1.54) is 0 Å². The molecule has 3 fully saturated rings. The topological polar surface area (TPSA) is 59.1 Å². The summed E-state index contributed by atoms with van der Waals surface area (Å²) in [6.07, 6.45) is 3.90. The first-order valence-electron chi connectivity index (χ1n) is 8.06. The second-order valence-corrected chi connectivity index (χ2v) is 6.01. The third kappa shape index (κ3) is 3.37. The molecule has 118 valence electrons. The molecule has 3 saturated heterocycles. The molecule has 0 spiro atoms. The summed E-state index contributed by atoms with van der Waals surface area (Å²) in [5.74, 6) is 0.192. The second kappa shape index (κ2) is 6.75. The summed E-state index contributed by atoms with van der Waals surface area (Å²) >= 11 is 0. The molecule has 3 aliphatic rings. The molecule has 6 nitrogen and oxygen atoms in total. The van der Waals surface area contributed by atoms with Crippen molar-refractivity contribution in [3.05, 3.63) is 0 Å². The number of amides is 2. The first kappa shape index (κ1) is 14.8. The lowest BCUT2D eigenvalue weighted by Crippen LogP contribution is -2.43. The van der Waals surface area contributed by atoms with Crippen molar-refractivity contribution < 1.29 is 19.1 Å². The van der Waals surface area contributed by atoms with Crippen LogP contribution in [-0.4, -0.2) is 73.2 Å². The van der Waals surface area contributed by atoms with Crippen molar-refractivity contribution in [3.8, 4) is 0 Å². The van der Waals surface area contributed by atoms with Crippen LogP contribution in [0.1, 0.15) is 32.1 Å². The van der Waals surface area contributed by atoms with Crippen LogP contribution in [0.4, 0.5) is 0 Å². The summed E-state index contributed by atoms with van der Waals surface area (Å²) in [6, 6.07) is 0. The van der Waals surface area contributed by atoms with Crippen molar-refractivity contribution in [3.63, 3.8) is 0 Å². The van der Waals surface area contributed by atoms with E-state index in [1.54, 1.807) is 0 Å². The third-order valence-electron chi connectivity index (χ3n) is 4.53. The zero-order valence-corrected chi connectivity index (χ0v) is 12.5. The van der Waals surface area contributed by atoms with E-state index >= 15 is 0 Å². The highest BCUT2D eigenvalue weighted by atomic mass is 16.5. The highest BCUT2D eigenvalue weighted by Crippen LogP contribution is 2.18. The number of rotatable bonds is 2. The first-order chi connectivity index (χ1) is 10.3. The van der Waals surface area contributed by atoms with Gasteiger partial charge in [0.05, 0.1) is 0 Å². The van der Waals surface area contributed by atoms with Crippen LogP contribution in [0.25, 0.3) is 0 Å². The number of ether oxygens (including phenoxy) is 2. The molecule has 0 aliphatic carbocycles. The Morgan fingerprint density at radius 1 is 0.714 bits per heavy atom. The SMILES string of the molecule is O=C(C1CCCO1)N1CCCN(C(=O)C2CCCO2)CC1. The number of hydrogen-bond donors (Lipinski definition) is 0. The van der Waals surface area contributed by atoms with E-state index in [1.807, 2.05) is 9.80 Å². The summed E-state index contributed by atoms with van der Waals surface area (Å²) in [4.78, 5) is 28.4. The maximum Gasteiger partial charge on any atom is 0.251 e. The summed E-state index contributed by atoms with van der Waals surface area (Å²) < 4.78 is 10.9. The van der Waals surface area contributed by atoms with Crippen LogP contribution in [0, 0.1) is 0 Å². The second-order valence-electron chi connectivity index (χ2n) is 6.01. The Hall–Kier alpha value is -1.14. The molecule has 0 aromatic carbocycles. The van der Waals surface area contributed by atoms with Crippen LogP contribution in [0.3, 0.4) is 0 Å². The highest BCUT2D eigenvalue weighted by molar-refractivity contribution is 5.82. The molecular formula is C15H24N2O4. The molecule has 3 heterocycles. The Morgan fingerprint density at radius 2 is 1.19 bits per heavy atom. The van der Waals surface area contributed by atoms with Gasteiger partial charge in [0, 0.05) is 39.4 Å². The lowest BCUT2D eigenvalue weighted by Gasteiger charge is -2.25. The summed E-state index contributed by atoms with van der Waals surface area (Å²) in [7, 11) is 0. The van der Waals surface area contributed by atoms with E-state index < -0.39 is 0 Å². The molecular weight excluding hydrogens is 272 g/mol. The fraction of sp³-hybridized carbons (Fsp3) is 0.867. The molecule has 0 saturated carbocycles. The molecule has 0 N–H and O–H groups in total. The van der Waals surface area contributed by atoms with Gasteiger partial charge in [-0.1, -0.05) is 0 Å². The van der Waals surface area contributed by atoms with E-state index in [9.17, 15) is 9.59 Å². The molecule has 2 amide bonds. The minimum Gasteiger partial charge on any atom is -0.368 e. The van der Waals surface area contributed by atoms with E-state index in [2.05, 4.69) is 0 Å². The average Bonchev–Trinajstić information content (AvgIpc) is 3.15. The van der Waals surface area contributed by atoms with Gasteiger partial charge >= 0.3 is 0 Å². The van der Waals surface area contributed by atoms with Crippen molar-refractivity contribution in [2.75, 3.05) is 39.4 Å². The molecule has 2 atom stereocenters. The normalized spacial score (nSPS) is 30.5. The standard InChI is InChI=1S/C15H24N2O4/c18-14(12-4-1-10-20-12)16-6-3-7-17(9-8-16)15(19)13-5-2-11-21-13/h12-13H,1-11H2. The van der Waals surface area contributed by atoms with E-state index in [0.717, 1.165) is 32.1 Å². The summed E-state index contributed by atoms with van der Waals surface area (Å²) in [5.41, 5.74) is 0. The monoisotopic (exact) mass is 296 g/mol. The molecule has 0 aromatic rings. The van der Waals surface area contributed by atoms with Gasteiger partial charge in [0.15, 0.2) is 0 Å². The van der Waals surface area contributed by atoms with Crippen molar-refractivity contribution in [2.24, 2.45) is 0 Å². The van der Waals surface area contributed by atoms with Gasteiger partial charge in [0.1, 0.15) is 12.2 Å². The van der Waals surface area contributed by atoms with E-state index in [-0.39, 0.29) is 24.0 Å². The molecule has 21 heavy (non-hydrogen) atoms. The summed E-state index contributed by atoms with van der Waals surface area (Å²) in [5, 5.41) is 0. The van der Waals surface area contributed by atoms with Crippen LogP contribution >= 0.6 is 0 Å². The predicted molar refractivity (Wildman–Crippen MR) is 75.7 cm³/mol. The van der Waals surface area contributed by atoms with Crippen molar-refractivity contribution >= 4 is 11.8 Å². The maximum absolute atomic E-state index is 12.4. The van der Waals surface area contributed by atoms with Gasteiger partial charge in [0.2, 0.25) is 0 Å². The van der Waals surface area contributed by atoms with Crippen molar-refractivity contribution in [1.29, 1.82) is 0 Å². The zero-order valence-electron chi connectivity index (χ0n) is 12.5. The third-order valence-corrected chi connectivity index (χ3v) is 4.53. The zero-order chi connectivity index (χ0) is 14.7. The van der Waals surface area contributed by atoms with Gasteiger partial charge in [-0.25, -0.2) is 0 Å². The number of hydrogen-bond acceptors (Lipinski definition) is 4. The molecule has 3 rings (SSSR count). The Labute approximate surface area is 125 Å². The lowest BCUT2D eigenvalue weighted by molar-refractivity contribution is -0.143. The highest BCUT2D eigenvalue weighted by Gasteiger charge is 2.32. The predicted octanol–water partition coefficient (Wildman–Crippen LogP) is 0.405. The molecule has 2 unspecified atom stereocenters. The Morgan fingerprint density at radius 3 is 1.57 bits per heavy atom. The largest absolute Gasteiger partial charge is 0.368 e. The molecule has 0 aromatic heterocycles. The van der Waals surface area contributed by atoms with E-state index in [4.69, 9.17) is 9.47 Å². The van der Waals surface area contributed by atoms with Crippen LogP contribution in [0.15, 0.2) is 0 Å². The first-order valence-corrected chi connectivity index (χ1v) is 8.06. The Balaban J connectivity index is 1.53. The van der Waals surface area contributed by atoms with Crippen LogP contribution in [0.2, 0.25) is 0 Å². The van der Waals surface area contributed by atoms with Gasteiger partial charge in [0.25, 0.3) is 11.8 Å². The van der Waals surface area contributed by atoms with Gasteiger partial charge < -0.3 is 19.3 Å². The minimum atomic E-state index is -0.259. The smallest absolute Gasteiger partial charge is 0.251 e. The number of nitrogens with zero attached hydrogens (tertiary/aromatic N) is 2. The Bertz CT molecular complexity index is 353. The molecule has 6 heteroatoms. The van der Waals surface area contributed by atoms with Gasteiger partial charge in [-0.2, -0.15) is 0 Å². The quantitative estimate of drug-likeness (QED) is 0.740. The fourth-order valence-corrected chi connectivity index (χ4v) is 3.31. The van der Waals surface area contributed by atoms with Crippen LogP contribution < -0.4 is 0 Å².